The Balaban J connectivity index is 1.58. The minimum absolute atomic E-state index is 0.0749. The molecule has 0 unspecified atom stereocenters. The van der Waals surface area contributed by atoms with Gasteiger partial charge >= 0.3 is 6.18 Å². The van der Waals surface area contributed by atoms with Gasteiger partial charge in [-0.05, 0) is 54.1 Å². The molecule has 38 heavy (non-hydrogen) atoms. The van der Waals surface area contributed by atoms with E-state index in [-0.39, 0.29) is 29.8 Å². The number of benzene rings is 3. The van der Waals surface area contributed by atoms with E-state index < -0.39 is 17.6 Å². The number of thioether (sulfide) groups is 1. The van der Waals surface area contributed by atoms with E-state index >= 15 is 0 Å². The number of carbonyl (C=O) groups excluding carboxylic acids is 2. The lowest BCUT2D eigenvalue weighted by Crippen LogP contribution is -2.38. The van der Waals surface area contributed by atoms with Crippen molar-refractivity contribution in [1.29, 1.82) is 0 Å². The van der Waals surface area contributed by atoms with Crippen LogP contribution in [0.4, 0.5) is 24.5 Å². The number of fused-ring (bicyclic) bond motifs is 1. The van der Waals surface area contributed by atoms with E-state index in [4.69, 9.17) is 14.2 Å². The van der Waals surface area contributed by atoms with E-state index in [0.29, 0.717) is 22.9 Å². The summed E-state index contributed by atoms with van der Waals surface area (Å²) in [5, 5.41) is 2.25. The molecule has 0 fully saturated rings. The number of amides is 2. The summed E-state index contributed by atoms with van der Waals surface area (Å²) >= 11 is 1.47. The monoisotopic (exact) mass is 546 g/mol. The highest BCUT2D eigenvalue weighted by molar-refractivity contribution is 7.99. The van der Waals surface area contributed by atoms with Gasteiger partial charge in [0.2, 0.25) is 17.6 Å². The molecule has 0 saturated heterocycles. The number of ether oxygens (including phenoxy) is 3. The van der Waals surface area contributed by atoms with Crippen LogP contribution in [0.1, 0.15) is 22.8 Å². The molecule has 1 N–H and O–H groups in total. The second-order valence-electron chi connectivity index (χ2n) is 8.34. The molecule has 0 aliphatic carbocycles. The van der Waals surface area contributed by atoms with Crippen LogP contribution >= 0.6 is 11.8 Å². The summed E-state index contributed by atoms with van der Waals surface area (Å²) in [5.74, 6) is 0.527. The molecule has 3 aromatic rings. The normalized spacial score (nSPS) is 15.4. The smallest absolute Gasteiger partial charge is 0.416 e. The van der Waals surface area contributed by atoms with Gasteiger partial charge in [0, 0.05) is 22.3 Å². The third-order valence-corrected chi connectivity index (χ3v) is 7.27. The van der Waals surface area contributed by atoms with Crippen LogP contribution in [0.5, 0.6) is 17.2 Å². The highest BCUT2D eigenvalue weighted by Gasteiger charge is 2.32. The summed E-state index contributed by atoms with van der Waals surface area (Å²) in [7, 11) is 4.53. The van der Waals surface area contributed by atoms with E-state index in [9.17, 15) is 22.8 Å². The lowest BCUT2D eigenvalue weighted by Gasteiger charge is -2.22. The summed E-state index contributed by atoms with van der Waals surface area (Å²) in [6, 6.07) is 14.9. The fraction of sp³-hybridized carbons (Fsp3) is 0.259. The number of nitrogens with zero attached hydrogens (tertiary/aromatic N) is 1. The number of anilines is 2. The van der Waals surface area contributed by atoms with Crippen LogP contribution < -0.4 is 24.4 Å². The third kappa shape index (κ3) is 5.83. The average molecular weight is 547 g/mol. The molecule has 0 radical (unpaired) electrons. The van der Waals surface area contributed by atoms with Crippen molar-refractivity contribution in [1.82, 2.24) is 0 Å². The molecule has 2 amide bonds. The Morgan fingerprint density at radius 3 is 2.21 bits per heavy atom. The van der Waals surface area contributed by atoms with Crippen LogP contribution in [0.2, 0.25) is 0 Å². The van der Waals surface area contributed by atoms with E-state index in [2.05, 4.69) is 5.32 Å². The number of rotatable bonds is 7. The largest absolute Gasteiger partial charge is 0.493 e. The molecule has 200 valence electrons. The molecule has 1 aliphatic heterocycles. The van der Waals surface area contributed by atoms with Crippen molar-refractivity contribution in [3.63, 3.8) is 0 Å². The van der Waals surface area contributed by atoms with Crippen molar-refractivity contribution in [3.8, 4) is 17.2 Å². The molecule has 0 bridgehead atoms. The van der Waals surface area contributed by atoms with Gasteiger partial charge in [-0.25, -0.2) is 0 Å². The zero-order chi connectivity index (χ0) is 27.4. The number of methoxy groups -OCH3 is 3. The molecule has 0 aromatic heterocycles. The Bertz CT molecular complexity index is 1310. The molecule has 1 atom stereocenters. The molecular weight excluding hydrogens is 521 g/mol. The molecule has 4 rings (SSSR count). The van der Waals surface area contributed by atoms with E-state index in [1.54, 1.807) is 24.3 Å². The van der Waals surface area contributed by atoms with Gasteiger partial charge in [-0.1, -0.05) is 12.1 Å². The number of nitrogens with one attached hydrogen (secondary N) is 1. The first-order valence-electron chi connectivity index (χ1n) is 11.5. The van der Waals surface area contributed by atoms with Crippen LogP contribution in [-0.2, 0) is 15.8 Å². The first-order chi connectivity index (χ1) is 18.1. The number of para-hydroxylation sites is 1. The van der Waals surface area contributed by atoms with E-state index in [0.717, 1.165) is 22.6 Å². The molecule has 1 heterocycles. The van der Waals surface area contributed by atoms with Crippen LogP contribution in [0, 0.1) is 0 Å². The SMILES string of the molecule is COc1cc([C@@H]2CC(=O)N(CC(=O)Nc3ccc(C(F)(F)F)cc3)c3ccccc3S2)cc(OC)c1OC. The second-order valence-corrected chi connectivity index (χ2v) is 9.58. The lowest BCUT2D eigenvalue weighted by molar-refractivity contribution is -0.137. The summed E-state index contributed by atoms with van der Waals surface area (Å²) in [6.07, 6.45) is -4.40. The number of carbonyl (C=O) groups is 2. The summed E-state index contributed by atoms with van der Waals surface area (Å²) in [6.45, 7) is -0.306. The predicted octanol–water partition coefficient (Wildman–Crippen LogP) is 5.94. The Labute approximate surface area is 221 Å². The minimum atomic E-state index is -4.48. The fourth-order valence-electron chi connectivity index (χ4n) is 4.11. The standard InChI is InChI=1S/C27H25F3N2O5S/c1-35-20-12-16(13-21(36-2)26(20)37-3)23-14-25(34)32(19-6-4-5-7-22(19)38-23)15-24(33)31-18-10-8-17(9-11-18)27(28,29)30/h4-13,23H,14-15H2,1-3H3,(H,31,33)/t23-/m0/s1. The summed E-state index contributed by atoms with van der Waals surface area (Å²) in [5.41, 5.74) is 0.730. The highest BCUT2D eigenvalue weighted by atomic mass is 32.2. The zero-order valence-corrected chi connectivity index (χ0v) is 21.6. The van der Waals surface area contributed by atoms with Crippen LogP contribution in [0.15, 0.2) is 65.6 Å². The first-order valence-corrected chi connectivity index (χ1v) is 12.4. The first kappa shape index (κ1) is 27.2. The van der Waals surface area contributed by atoms with Gasteiger partial charge in [-0.2, -0.15) is 13.2 Å². The van der Waals surface area contributed by atoms with Crippen molar-refractivity contribution in [3.05, 3.63) is 71.8 Å². The maximum absolute atomic E-state index is 13.5. The number of hydrogen-bond donors (Lipinski definition) is 1. The molecular formula is C27H25F3N2O5S. The van der Waals surface area contributed by atoms with Crippen molar-refractivity contribution in [2.24, 2.45) is 0 Å². The number of hydrogen-bond acceptors (Lipinski definition) is 6. The van der Waals surface area contributed by atoms with Gasteiger partial charge in [0.1, 0.15) is 6.54 Å². The topological polar surface area (TPSA) is 77.1 Å². The van der Waals surface area contributed by atoms with E-state index in [1.807, 2.05) is 12.1 Å². The van der Waals surface area contributed by atoms with Crippen LogP contribution in [-0.4, -0.2) is 39.7 Å². The molecule has 7 nitrogen and oxygen atoms in total. The van der Waals surface area contributed by atoms with Gasteiger partial charge < -0.3 is 24.4 Å². The van der Waals surface area contributed by atoms with Crippen molar-refractivity contribution in [2.75, 3.05) is 38.1 Å². The summed E-state index contributed by atoms with van der Waals surface area (Å²) in [4.78, 5) is 28.5. The maximum atomic E-state index is 13.5. The Morgan fingerprint density at radius 1 is 1.00 bits per heavy atom. The fourth-order valence-corrected chi connectivity index (χ4v) is 5.37. The zero-order valence-electron chi connectivity index (χ0n) is 20.8. The second kappa shape index (κ2) is 11.3. The predicted molar refractivity (Wildman–Crippen MR) is 138 cm³/mol. The quantitative estimate of drug-likeness (QED) is 0.395. The lowest BCUT2D eigenvalue weighted by atomic mass is 10.1. The van der Waals surface area contributed by atoms with Crippen molar-refractivity contribution < 1.29 is 37.0 Å². The van der Waals surface area contributed by atoms with Crippen LogP contribution in [0.3, 0.4) is 0 Å². The van der Waals surface area contributed by atoms with Gasteiger partial charge in [0.15, 0.2) is 11.5 Å². The Kier molecular flexibility index (Phi) is 8.05. The van der Waals surface area contributed by atoms with Gasteiger partial charge in [0.25, 0.3) is 0 Å². The highest BCUT2D eigenvalue weighted by Crippen LogP contribution is 2.49. The van der Waals surface area contributed by atoms with Crippen molar-refractivity contribution >= 4 is 35.0 Å². The van der Waals surface area contributed by atoms with E-state index in [1.165, 1.54) is 50.1 Å². The summed E-state index contributed by atoms with van der Waals surface area (Å²) < 4.78 is 54.9. The van der Waals surface area contributed by atoms with Gasteiger partial charge in [0.05, 0.1) is 32.6 Å². The molecule has 1 aliphatic rings. The maximum Gasteiger partial charge on any atom is 0.416 e. The van der Waals surface area contributed by atoms with Gasteiger partial charge in [-0.3, -0.25) is 9.59 Å². The Morgan fingerprint density at radius 2 is 1.63 bits per heavy atom. The molecule has 3 aromatic carbocycles. The number of halogens is 3. The molecule has 11 heteroatoms. The molecule has 0 saturated carbocycles. The number of alkyl halides is 3. The van der Waals surface area contributed by atoms with Crippen molar-refractivity contribution in [2.45, 2.75) is 22.7 Å². The third-order valence-electron chi connectivity index (χ3n) is 5.94. The molecule has 0 spiro atoms. The minimum Gasteiger partial charge on any atom is -0.493 e. The average Bonchev–Trinajstić information content (AvgIpc) is 3.03. The Hall–Kier alpha value is -3.86. The van der Waals surface area contributed by atoms with Gasteiger partial charge in [-0.15, -0.1) is 11.8 Å². The van der Waals surface area contributed by atoms with Crippen LogP contribution in [0.25, 0.3) is 0 Å².